The molecule has 0 bridgehead atoms. The molecule has 0 saturated carbocycles. The first-order valence-electron chi connectivity index (χ1n) is 11.3. The van der Waals surface area contributed by atoms with Gasteiger partial charge in [0.2, 0.25) is 0 Å². The largest absolute Gasteiger partial charge is 0.490 e. The highest BCUT2D eigenvalue weighted by Gasteiger charge is 2.42. The van der Waals surface area contributed by atoms with Crippen LogP contribution in [0.5, 0.6) is 5.75 Å². The van der Waals surface area contributed by atoms with Crippen LogP contribution in [0, 0.1) is 0 Å². The van der Waals surface area contributed by atoms with Gasteiger partial charge in [-0.2, -0.15) is 0 Å². The number of hydrogen-bond acceptors (Lipinski definition) is 7. The summed E-state index contributed by atoms with van der Waals surface area (Å²) < 4.78 is 11.3. The molecular weight excluding hydrogens is 466 g/mol. The molecule has 0 radical (unpaired) electrons. The SMILES string of the molecule is CC1=C(C(=O)OCCOc2ccccc2)[C@H](c2cccs2)C2=C(C[C@@H](c3cccs3)CC2=O)N1. The number of rotatable bonds is 7. The van der Waals surface area contributed by atoms with Crippen LogP contribution in [-0.4, -0.2) is 25.0 Å². The molecular formula is C27H25NO4S2. The standard InChI is InChI=1S/C27H25NO4S2/c1-17-24(27(30)32-12-11-31-19-7-3-2-4-8-19)26(23-10-6-14-34-23)25-20(28-17)15-18(16-21(25)29)22-9-5-13-33-22/h2-10,13-14,18,26,28H,11-12,15-16H2,1H3/t18-,26+/m1/s1. The summed E-state index contributed by atoms with van der Waals surface area (Å²) in [5.74, 6) is 0.165. The topological polar surface area (TPSA) is 64.6 Å². The molecule has 1 N–H and O–H groups in total. The lowest BCUT2D eigenvalue weighted by molar-refractivity contribution is -0.140. The minimum absolute atomic E-state index is 0.0933. The van der Waals surface area contributed by atoms with Gasteiger partial charge < -0.3 is 14.8 Å². The second-order valence-corrected chi connectivity index (χ2v) is 10.3. The second-order valence-electron chi connectivity index (χ2n) is 8.35. The molecule has 34 heavy (non-hydrogen) atoms. The predicted octanol–water partition coefficient (Wildman–Crippen LogP) is 5.79. The number of ether oxygens (including phenoxy) is 2. The van der Waals surface area contributed by atoms with E-state index in [2.05, 4.69) is 11.4 Å². The van der Waals surface area contributed by atoms with Gasteiger partial charge in [-0.15, -0.1) is 22.7 Å². The summed E-state index contributed by atoms with van der Waals surface area (Å²) in [4.78, 5) is 28.9. The maximum Gasteiger partial charge on any atom is 0.336 e. The van der Waals surface area contributed by atoms with Crippen LogP contribution in [-0.2, 0) is 14.3 Å². The minimum atomic E-state index is -0.417. The van der Waals surface area contributed by atoms with E-state index in [1.54, 1.807) is 22.7 Å². The summed E-state index contributed by atoms with van der Waals surface area (Å²) in [6.45, 7) is 2.27. The van der Waals surface area contributed by atoms with Gasteiger partial charge >= 0.3 is 5.97 Å². The lowest BCUT2D eigenvalue weighted by Gasteiger charge is -2.35. The molecule has 0 unspecified atom stereocenters. The number of carbonyl (C=O) groups is 2. The molecule has 0 saturated heterocycles. The van der Waals surface area contributed by atoms with Crippen LogP contribution in [0.4, 0.5) is 0 Å². The van der Waals surface area contributed by atoms with Gasteiger partial charge in [0, 0.05) is 39.1 Å². The van der Waals surface area contributed by atoms with Crippen molar-refractivity contribution in [3.05, 3.63) is 97.7 Å². The number of ketones is 1. The van der Waals surface area contributed by atoms with E-state index in [0.29, 0.717) is 17.6 Å². The molecule has 5 rings (SSSR count). The van der Waals surface area contributed by atoms with Crippen molar-refractivity contribution in [2.24, 2.45) is 0 Å². The van der Waals surface area contributed by atoms with Crippen molar-refractivity contribution in [1.29, 1.82) is 0 Å². The Kier molecular flexibility index (Phi) is 6.65. The minimum Gasteiger partial charge on any atom is -0.490 e. The van der Waals surface area contributed by atoms with Gasteiger partial charge in [-0.3, -0.25) is 4.79 Å². The second kappa shape index (κ2) is 9.99. The molecule has 2 aromatic heterocycles. The molecule has 1 aromatic carbocycles. The zero-order valence-corrected chi connectivity index (χ0v) is 20.4. The van der Waals surface area contributed by atoms with Crippen molar-refractivity contribution >= 4 is 34.4 Å². The highest BCUT2D eigenvalue weighted by Crippen LogP contribution is 2.47. The third-order valence-electron chi connectivity index (χ3n) is 6.15. The van der Waals surface area contributed by atoms with E-state index in [1.165, 1.54) is 4.88 Å². The zero-order chi connectivity index (χ0) is 23.5. The first-order chi connectivity index (χ1) is 16.6. The Balaban J connectivity index is 1.36. The highest BCUT2D eigenvalue weighted by molar-refractivity contribution is 7.10. The van der Waals surface area contributed by atoms with Crippen molar-refractivity contribution in [3.8, 4) is 5.75 Å². The number of benzene rings is 1. The van der Waals surface area contributed by atoms with E-state index in [-0.39, 0.29) is 24.9 Å². The molecule has 7 heteroatoms. The zero-order valence-electron chi connectivity index (χ0n) is 18.8. The Morgan fingerprint density at radius 1 is 0.971 bits per heavy atom. The Labute approximate surface area is 206 Å². The molecule has 3 heterocycles. The number of esters is 1. The number of carbonyl (C=O) groups excluding carboxylic acids is 2. The molecule has 1 aliphatic carbocycles. The quantitative estimate of drug-likeness (QED) is 0.335. The molecule has 2 atom stereocenters. The number of dihydropyridines is 1. The predicted molar refractivity (Wildman–Crippen MR) is 134 cm³/mol. The van der Waals surface area contributed by atoms with Gasteiger partial charge in [0.25, 0.3) is 0 Å². The Morgan fingerprint density at radius 2 is 1.71 bits per heavy atom. The van der Waals surface area contributed by atoms with E-state index < -0.39 is 11.9 Å². The molecule has 174 valence electrons. The normalized spacial score (nSPS) is 20.1. The number of Topliss-reactive ketones (excluding diaryl/α,β-unsaturated/α-hetero) is 1. The van der Waals surface area contributed by atoms with Crippen molar-refractivity contribution in [2.75, 3.05) is 13.2 Å². The van der Waals surface area contributed by atoms with Crippen LogP contribution < -0.4 is 10.1 Å². The summed E-state index contributed by atoms with van der Waals surface area (Å²) >= 11 is 3.24. The van der Waals surface area contributed by atoms with Gasteiger partial charge in [-0.05, 0) is 48.4 Å². The van der Waals surface area contributed by atoms with E-state index in [9.17, 15) is 9.59 Å². The molecule has 0 fully saturated rings. The molecule has 0 amide bonds. The smallest absolute Gasteiger partial charge is 0.336 e. The Morgan fingerprint density at radius 3 is 2.41 bits per heavy atom. The average molecular weight is 492 g/mol. The maximum absolute atomic E-state index is 13.4. The lowest BCUT2D eigenvalue weighted by atomic mass is 9.74. The van der Waals surface area contributed by atoms with Gasteiger partial charge in [0.05, 0.1) is 11.5 Å². The van der Waals surface area contributed by atoms with E-state index >= 15 is 0 Å². The van der Waals surface area contributed by atoms with Crippen LogP contribution in [0.3, 0.4) is 0 Å². The van der Waals surface area contributed by atoms with Crippen LogP contribution in [0.15, 0.2) is 87.9 Å². The number of thiophene rings is 2. The van der Waals surface area contributed by atoms with Crippen molar-refractivity contribution in [3.63, 3.8) is 0 Å². The summed E-state index contributed by atoms with van der Waals surface area (Å²) in [6.07, 6.45) is 1.21. The third-order valence-corrected chi connectivity index (χ3v) is 8.12. The third kappa shape index (κ3) is 4.58. The number of allylic oxidation sites excluding steroid dienone is 3. The summed E-state index contributed by atoms with van der Waals surface area (Å²) in [6, 6.07) is 17.5. The molecule has 5 nitrogen and oxygen atoms in total. The average Bonchev–Trinajstić information content (AvgIpc) is 3.56. The van der Waals surface area contributed by atoms with Crippen molar-refractivity contribution in [2.45, 2.75) is 31.6 Å². The first-order valence-corrected chi connectivity index (χ1v) is 13.0. The number of para-hydroxylation sites is 1. The van der Waals surface area contributed by atoms with Gasteiger partial charge in [0.1, 0.15) is 19.0 Å². The monoisotopic (exact) mass is 491 g/mol. The number of hydrogen-bond donors (Lipinski definition) is 1. The molecule has 2 aliphatic rings. The molecule has 3 aromatic rings. The fraction of sp³-hybridized carbons (Fsp3) is 0.259. The van der Waals surface area contributed by atoms with Gasteiger partial charge in [-0.1, -0.05) is 30.3 Å². The van der Waals surface area contributed by atoms with E-state index in [4.69, 9.17) is 9.47 Å². The van der Waals surface area contributed by atoms with Crippen LogP contribution in [0.1, 0.15) is 41.4 Å². The Bertz CT molecular complexity index is 1230. The van der Waals surface area contributed by atoms with E-state index in [0.717, 1.165) is 28.4 Å². The summed E-state index contributed by atoms with van der Waals surface area (Å²) in [5, 5.41) is 7.42. The molecule has 0 spiro atoms. The van der Waals surface area contributed by atoms with Crippen LogP contribution in [0.2, 0.25) is 0 Å². The van der Waals surface area contributed by atoms with Crippen LogP contribution >= 0.6 is 22.7 Å². The fourth-order valence-corrected chi connectivity index (χ4v) is 6.34. The van der Waals surface area contributed by atoms with Gasteiger partial charge in [0.15, 0.2) is 5.78 Å². The van der Waals surface area contributed by atoms with Crippen molar-refractivity contribution < 1.29 is 19.1 Å². The summed E-state index contributed by atoms with van der Waals surface area (Å²) in [7, 11) is 0. The van der Waals surface area contributed by atoms with E-state index in [1.807, 2.05) is 66.2 Å². The highest BCUT2D eigenvalue weighted by atomic mass is 32.1. The maximum atomic E-state index is 13.4. The fourth-order valence-electron chi connectivity index (χ4n) is 4.66. The number of nitrogens with one attached hydrogen (secondary N) is 1. The Hall–Kier alpha value is -3.16. The summed E-state index contributed by atoms with van der Waals surface area (Å²) in [5.41, 5.74) is 2.87. The van der Waals surface area contributed by atoms with Gasteiger partial charge in [-0.25, -0.2) is 4.79 Å². The van der Waals surface area contributed by atoms with Crippen molar-refractivity contribution in [1.82, 2.24) is 5.32 Å². The molecule has 1 aliphatic heterocycles. The van der Waals surface area contributed by atoms with Crippen LogP contribution in [0.25, 0.3) is 0 Å². The lowest BCUT2D eigenvalue weighted by Crippen LogP contribution is -2.36. The first kappa shape index (κ1) is 22.6.